The maximum atomic E-state index is 13.1. The van der Waals surface area contributed by atoms with E-state index in [9.17, 15) is 4.79 Å². The van der Waals surface area contributed by atoms with E-state index in [0.717, 1.165) is 27.8 Å². The largest absolute Gasteiger partial charge is 0.456 e. The molecule has 0 bridgehead atoms. The van der Waals surface area contributed by atoms with Crippen LogP contribution in [0.5, 0.6) is 11.5 Å². The van der Waals surface area contributed by atoms with E-state index in [4.69, 9.17) is 9.47 Å². The van der Waals surface area contributed by atoms with E-state index in [1.54, 1.807) is 0 Å². The van der Waals surface area contributed by atoms with Crippen LogP contribution >= 0.6 is 0 Å². The minimum Gasteiger partial charge on any atom is -0.456 e. The summed E-state index contributed by atoms with van der Waals surface area (Å²) in [6.07, 6.45) is 0. The van der Waals surface area contributed by atoms with Gasteiger partial charge in [0.15, 0.2) is 5.60 Å². The Hall–Kier alpha value is -3.85. The van der Waals surface area contributed by atoms with Gasteiger partial charge in [-0.15, -0.1) is 0 Å². The second kappa shape index (κ2) is 5.82. The Balaban J connectivity index is 1.77. The summed E-state index contributed by atoms with van der Waals surface area (Å²) in [6.45, 7) is 0. The van der Waals surface area contributed by atoms with E-state index < -0.39 is 5.60 Å². The van der Waals surface area contributed by atoms with Crippen molar-refractivity contribution >= 4 is 5.97 Å². The average Bonchev–Trinajstić information content (AvgIpc) is 3.08. The third-order valence-corrected chi connectivity index (χ3v) is 5.72. The van der Waals surface area contributed by atoms with Crippen molar-refractivity contribution in [2.75, 3.05) is 0 Å². The first-order valence-electron chi connectivity index (χ1n) is 9.58. The number of benzene rings is 4. The topological polar surface area (TPSA) is 35.5 Å². The van der Waals surface area contributed by atoms with Crippen LogP contribution in [0.1, 0.15) is 27.0 Å². The molecule has 0 fully saturated rings. The zero-order valence-corrected chi connectivity index (χ0v) is 15.5. The van der Waals surface area contributed by atoms with Gasteiger partial charge in [0, 0.05) is 16.7 Å². The van der Waals surface area contributed by atoms with Gasteiger partial charge in [0.05, 0.1) is 5.56 Å². The van der Waals surface area contributed by atoms with Crippen molar-refractivity contribution in [2.24, 2.45) is 0 Å². The molecular formula is C26H16O3. The molecule has 0 saturated carbocycles. The van der Waals surface area contributed by atoms with Crippen LogP contribution in [-0.4, -0.2) is 5.97 Å². The molecule has 0 atom stereocenters. The number of para-hydroxylation sites is 2. The maximum Gasteiger partial charge on any atom is 0.340 e. The molecule has 1 spiro atoms. The zero-order valence-electron chi connectivity index (χ0n) is 15.5. The van der Waals surface area contributed by atoms with Crippen molar-refractivity contribution in [2.45, 2.75) is 5.60 Å². The first-order chi connectivity index (χ1) is 14.3. The first kappa shape index (κ1) is 16.1. The Morgan fingerprint density at radius 1 is 0.586 bits per heavy atom. The van der Waals surface area contributed by atoms with Gasteiger partial charge in [-0.25, -0.2) is 4.79 Å². The number of hydrogen-bond acceptors (Lipinski definition) is 3. The van der Waals surface area contributed by atoms with Gasteiger partial charge in [-0.05, 0) is 29.3 Å². The lowest BCUT2D eigenvalue weighted by Gasteiger charge is -2.37. The summed E-state index contributed by atoms with van der Waals surface area (Å²) in [5.74, 6) is 1.09. The number of esters is 1. The molecule has 0 N–H and O–H groups in total. The summed E-state index contributed by atoms with van der Waals surface area (Å²) in [5, 5.41) is 0. The van der Waals surface area contributed by atoms with Crippen LogP contribution in [0.4, 0.5) is 0 Å². The SMILES string of the molecule is O=C1OC2(c3ccccc3Oc3ccccc32)c2c1cccc2-c1ccccc1. The molecule has 4 aromatic carbocycles. The number of ether oxygens (including phenoxy) is 2. The fourth-order valence-corrected chi connectivity index (χ4v) is 4.54. The Kier molecular flexibility index (Phi) is 3.24. The highest BCUT2D eigenvalue weighted by Crippen LogP contribution is 2.57. The van der Waals surface area contributed by atoms with Crippen LogP contribution in [0.3, 0.4) is 0 Å². The Morgan fingerprint density at radius 2 is 1.17 bits per heavy atom. The van der Waals surface area contributed by atoms with Crippen LogP contribution < -0.4 is 4.74 Å². The van der Waals surface area contributed by atoms with Crippen LogP contribution in [0.2, 0.25) is 0 Å². The lowest BCUT2D eigenvalue weighted by Crippen LogP contribution is -2.33. The number of rotatable bonds is 1. The third-order valence-electron chi connectivity index (χ3n) is 5.72. The standard InChI is InChI=1S/C26H16O3/c27-25-19-12-8-11-18(17-9-2-1-3-10-17)24(19)26(29-25)20-13-4-6-15-22(20)28-23-16-7-5-14-21(23)26/h1-16H. The molecule has 2 aliphatic heterocycles. The molecule has 138 valence electrons. The quantitative estimate of drug-likeness (QED) is 0.387. The van der Waals surface area contributed by atoms with Gasteiger partial charge in [0.25, 0.3) is 0 Å². The number of carbonyl (C=O) groups excluding carboxylic acids is 1. The van der Waals surface area contributed by atoms with Gasteiger partial charge in [0.2, 0.25) is 0 Å². The van der Waals surface area contributed by atoms with Gasteiger partial charge in [-0.3, -0.25) is 0 Å². The minimum absolute atomic E-state index is 0.315. The fraction of sp³-hybridized carbons (Fsp3) is 0.0385. The van der Waals surface area contributed by atoms with Crippen LogP contribution in [-0.2, 0) is 10.3 Å². The van der Waals surface area contributed by atoms with Gasteiger partial charge < -0.3 is 9.47 Å². The van der Waals surface area contributed by atoms with E-state index in [-0.39, 0.29) is 5.97 Å². The fourth-order valence-electron chi connectivity index (χ4n) is 4.54. The van der Waals surface area contributed by atoms with E-state index in [1.165, 1.54) is 0 Å². The van der Waals surface area contributed by atoms with E-state index >= 15 is 0 Å². The van der Waals surface area contributed by atoms with Crippen molar-refractivity contribution < 1.29 is 14.3 Å². The van der Waals surface area contributed by atoms with Crippen molar-refractivity contribution in [3.05, 3.63) is 119 Å². The second-order valence-electron chi connectivity index (χ2n) is 7.26. The molecule has 0 aromatic heterocycles. The summed E-state index contributed by atoms with van der Waals surface area (Å²) in [4.78, 5) is 13.1. The van der Waals surface area contributed by atoms with E-state index in [1.807, 2.05) is 78.9 Å². The third kappa shape index (κ3) is 2.10. The molecule has 3 heteroatoms. The second-order valence-corrected chi connectivity index (χ2v) is 7.26. The molecule has 0 aliphatic carbocycles. The van der Waals surface area contributed by atoms with Crippen LogP contribution in [0.25, 0.3) is 11.1 Å². The Bertz CT molecular complexity index is 1230. The lowest BCUT2D eigenvalue weighted by molar-refractivity contribution is 0.0225. The molecule has 4 aromatic rings. The molecule has 0 amide bonds. The minimum atomic E-state index is -1.04. The van der Waals surface area contributed by atoms with Gasteiger partial charge in [-0.1, -0.05) is 78.9 Å². The van der Waals surface area contributed by atoms with Gasteiger partial charge in [0.1, 0.15) is 11.5 Å². The summed E-state index contributed by atoms with van der Waals surface area (Å²) in [6, 6.07) is 31.5. The molecule has 6 rings (SSSR count). The monoisotopic (exact) mass is 376 g/mol. The van der Waals surface area contributed by atoms with Gasteiger partial charge in [-0.2, -0.15) is 0 Å². The predicted molar refractivity (Wildman–Crippen MR) is 110 cm³/mol. The summed E-state index contributed by atoms with van der Waals surface area (Å²) in [7, 11) is 0. The number of hydrogen-bond donors (Lipinski definition) is 0. The number of carbonyl (C=O) groups is 1. The maximum absolute atomic E-state index is 13.1. The van der Waals surface area contributed by atoms with Crippen molar-refractivity contribution in [1.82, 2.24) is 0 Å². The predicted octanol–water partition coefficient (Wildman–Crippen LogP) is 5.92. The zero-order chi connectivity index (χ0) is 19.4. The molecule has 2 aliphatic rings. The molecule has 2 heterocycles. The van der Waals surface area contributed by atoms with Crippen molar-refractivity contribution in [3.8, 4) is 22.6 Å². The molecule has 0 saturated heterocycles. The van der Waals surface area contributed by atoms with Gasteiger partial charge >= 0.3 is 5.97 Å². The van der Waals surface area contributed by atoms with E-state index in [2.05, 4.69) is 18.2 Å². The smallest absolute Gasteiger partial charge is 0.340 e. The highest BCUT2D eigenvalue weighted by molar-refractivity contribution is 6.00. The molecular weight excluding hydrogens is 360 g/mol. The van der Waals surface area contributed by atoms with Crippen molar-refractivity contribution in [1.29, 1.82) is 0 Å². The Morgan fingerprint density at radius 3 is 1.86 bits per heavy atom. The summed E-state index contributed by atoms with van der Waals surface area (Å²) >= 11 is 0. The van der Waals surface area contributed by atoms with Crippen molar-refractivity contribution in [3.63, 3.8) is 0 Å². The van der Waals surface area contributed by atoms with Crippen LogP contribution in [0.15, 0.2) is 97.1 Å². The Labute approximate surface area is 168 Å². The average molecular weight is 376 g/mol. The first-order valence-corrected chi connectivity index (χ1v) is 9.58. The van der Waals surface area contributed by atoms with Crippen LogP contribution in [0, 0.1) is 0 Å². The summed E-state index contributed by atoms with van der Waals surface area (Å²) in [5.41, 5.74) is 4.15. The van der Waals surface area contributed by atoms with E-state index in [0.29, 0.717) is 17.1 Å². The number of fused-ring (bicyclic) bond motifs is 6. The molecule has 3 nitrogen and oxygen atoms in total. The lowest BCUT2D eigenvalue weighted by atomic mass is 9.75. The normalized spacial score (nSPS) is 15.1. The molecule has 29 heavy (non-hydrogen) atoms. The highest BCUT2D eigenvalue weighted by atomic mass is 16.6. The molecule has 0 radical (unpaired) electrons. The molecule has 0 unspecified atom stereocenters. The highest BCUT2D eigenvalue weighted by Gasteiger charge is 2.54. The summed E-state index contributed by atoms with van der Waals surface area (Å²) < 4.78 is 12.4.